The third-order valence-corrected chi connectivity index (χ3v) is 5.41. The van der Waals surface area contributed by atoms with Crippen LogP contribution in [-0.2, 0) is 5.60 Å². The Kier molecular flexibility index (Phi) is 3.86. The molecule has 0 saturated carbocycles. The Morgan fingerprint density at radius 1 is 0.960 bits per heavy atom. The summed E-state index contributed by atoms with van der Waals surface area (Å²) in [4.78, 5) is 4.61. The van der Waals surface area contributed by atoms with Gasteiger partial charge in [0.2, 0.25) is 0 Å². The third-order valence-electron chi connectivity index (χ3n) is 4.35. The quantitative estimate of drug-likeness (QED) is 0.540. The second-order valence-corrected chi connectivity index (χ2v) is 7.04. The lowest BCUT2D eigenvalue weighted by Gasteiger charge is -2.21. The van der Waals surface area contributed by atoms with Gasteiger partial charge in [-0.3, -0.25) is 0 Å². The van der Waals surface area contributed by atoms with E-state index in [0.717, 1.165) is 16.6 Å². The normalized spacial score (nSPS) is 13.7. The minimum Gasteiger partial charge on any atom is -0.378 e. The van der Waals surface area contributed by atoms with Crippen molar-refractivity contribution in [1.29, 1.82) is 0 Å². The monoisotopic (exact) mass is 349 g/mol. The number of fused-ring (bicyclic) bond motifs is 1. The maximum atomic E-state index is 13.5. The van der Waals surface area contributed by atoms with Gasteiger partial charge in [0.1, 0.15) is 16.4 Å². The molecule has 4 aromatic rings. The van der Waals surface area contributed by atoms with E-state index >= 15 is 0 Å². The lowest BCUT2D eigenvalue weighted by molar-refractivity contribution is 0.102. The van der Waals surface area contributed by atoms with E-state index in [1.165, 1.54) is 28.9 Å². The standard InChI is InChI=1S/C21H16FNOS/c1-21(24,17-7-4-8-18(22)12-17)20-23-19(13-25-20)16-10-9-14-5-2-3-6-15(14)11-16/h2-13,24H,1H3. The van der Waals surface area contributed by atoms with Gasteiger partial charge in [-0.05, 0) is 41.5 Å². The smallest absolute Gasteiger partial charge is 0.138 e. The SMILES string of the molecule is CC(O)(c1cccc(F)c1)c1nc(-c2ccc3ccccc3c2)cs1. The van der Waals surface area contributed by atoms with Crippen LogP contribution in [0, 0.1) is 5.82 Å². The van der Waals surface area contributed by atoms with E-state index in [2.05, 4.69) is 29.2 Å². The van der Waals surface area contributed by atoms with Crippen molar-refractivity contribution >= 4 is 22.1 Å². The highest BCUT2D eigenvalue weighted by atomic mass is 32.1. The van der Waals surface area contributed by atoms with E-state index < -0.39 is 5.60 Å². The maximum Gasteiger partial charge on any atom is 0.138 e. The van der Waals surface area contributed by atoms with Crippen LogP contribution in [0.3, 0.4) is 0 Å². The van der Waals surface area contributed by atoms with Crippen LogP contribution in [0.1, 0.15) is 17.5 Å². The first kappa shape index (κ1) is 15.9. The second kappa shape index (κ2) is 6.06. The molecule has 4 heteroatoms. The van der Waals surface area contributed by atoms with Crippen molar-refractivity contribution < 1.29 is 9.50 Å². The number of benzene rings is 3. The second-order valence-electron chi connectivity index (χ2n) is 6.18. The van der Waals surface area contributed by atoms with Gasteiger partial charge in [0.15, 0.2) is 0 Å². The first-order valence-corrected chi connectivity index (χ1v) is 8.85. The molecule has 0 aliphatic heterocycles. The van der Waals surface area contributed by atoms with Gasteiger partial charge in [-0.2, -0.15) is 0 Å². The molecule has 1 heterocycles. The Morgan fingerprint density at radius 2 is 1.76 bits per heavy atom. The highest BCUT2D eigenvalue weighted by Crippen LogP contribution is 2.34. The molecule has 0 radical (unpaired) electrons. The molecular formula is C21H16FNOS. The van der Waals surface area contributed by atoms with Gasteiger partial charge in [0.25, 0.3) is 0 Å². The van der Waals surface area contributed by atoms with Gasteiger partial charge < -0.3 is 5.11 Å². The van der Waals surface area contributed by atoms with E-state index in [1.54, 1.807) is 19.1 Å². The summed E-state index contributed by atoms with van der Waals surface area (Å²) in [6.07, 6.45) is 0. The van der Waals surface area contributed by atoms with Crippen LogP contribution in [0.4, 0.5) is 4.39 Å². The number of rotatable bonds is 3. The van der Waals surface area contributed by atoms with Crippen LogP contribution in [0.15, 0.2) is 72.1 Å². The molecule has 124 valence electrons. The summed E-state index contributed by atoms with van der Waals surface area (Å²) in [7, 11) is 0. The molecule has 0 fully saturated rings. The van der Waals surface area contributed by atoms with Gasteiger partial charge in [-0.25, -0.2) is 9.37 Å². The number of thiazole rings is 1. The minimum absolute atomic E-state index is 0.371. The van der Waals surface area contributed by atoms with Crippen LogP contribution in [0.2, 0.25) is 0 Å². The number of nitrogens with zero attached hydrogens (tertiary/aromatic N) is 1. The summed E-state index contributed by atoms with van der Waals surface area (Å²) in [6.45, 7) is 1.64. The molecule has 0 aliphatic rings. The van der Waals surface area contributed by atoms with Crippen molar-refractivity contribution in [1.82, 2.24) is 4.98 Å². The average Bonchev–Trinajstić information content (AvgIpc) is 3.12. The summed E-state index contributed by atoms with van der Waals surface area (Å²) in [5, 5.41) is 15.7. The van der Waals surface area contributed by atoms with Gasteiger partial charge in [0, 0.05) is 10.9 Å². The topological polar surface area (TPSA) is 33.1 Å². The highest BCUT2D eigenvalue weighted by Gasteiger charge is 2.29. The molecule has 3 aromatic carbocycles. The summed E-state index contributed by atoms with van der Waals surface area (Å²) in [6, 6.07) is 20.3. The molecule has 0 aliphatic carbocycles. The van der Waals surface area contributed by atoms with Gasteiger partial charge in [-0.15, -0.1) is 11.3 Å². The number of aliphatic hydroxyl groups is 1. The van der Waals surface area contributed by atoms with Crippen molar-refractivity contribution in [2.45, 2.75) is 12.5 Å². The first-order valence-electron chi connectivity index (χ1n) is 7.98. The van der Waals surface area contributed by atoms with E-state index in [0.29, 0.717) is 10.6 Å². The van der Waals surface area contributed by atoms with Crippen LogP contribution in [0.5, 0.6) is 0 Å². The molecular weight excluding hydrogens is 333 g/mol. The van der Waals surface area contributed by atoms with Crippen molar-refractivity contribution in [3.8, 4) is 11.3 Å². The predicted octanol–water partition coefficient (Wildman–Crippen LogP) is 5.36. The molecule has 0 spiro atoms. The Balaban J connectivity index is 1.73. The molecule has 2 nitrogen and oxygen atoms in total. The lowest BCUT2D eigenvalue weighted by atomic mass is 9.96. The van der Waals surface area contributed by atoms with Crippen LogP contribution < -0.4 is 0 Å². The van der Waals surface area contributed by atoms with Gasteiger partial charge >= 0.3 is 0 Å². The number of hydrogen-bond donors (Lipinski definition) is 1. The zero-order chi connectivity index (χ0) is 17.4. The summed E-state index contributed by atoms with van der Waals surface area (Å²) >= 11 is 1.37. The maximum absolute atomic E-state index is 13.5. The molecule has 0 bridgehead atoms. The van der Waals surface area contributed by atoms with E-state index in [1.807, 2.05) is 23.6 Å². The number of halogens is 1. The predicted molar refractivity (Wildman–Crippen MR) is 100 cm³/mol. The van der Waals surface area contributed by atoms with E-state index in [4.69, 9.17) is 0 Å². The average molecular weight is 349 g/mol. The fourth-order valence-corrected chi connectivity index (χ4v) is 3.80. The zero-order valence-corrected chi connectivity index (χ0v) is 14.4. The zero-order valence-electron chi connectivity index (χ0n) is 13.6. The molecule has 25 heavy (non-hydrogen) atoms. The van der Waals surface area contributed by atoms with Crippen molar-refractivity contribution in [2.24, 2.45) is 0 Å². The third kappa shape index (κ3) is 2.95. The van der Waals surface area contributed by atoms with Crippen molar-refractivity contribution in [3.63, 3.8) is 0 Å². The summed E-state index contributed by atoms with van der Waals surface area (Å²) in [5.74, 6) is -0.371. The Labute approximate surface area is 149 Å². The molecule has 1 atom stereocenters. The van der Waals surface area contributed by atoms with Crippen LogP contribution in [0.25, 0.3) is 22.0 Å². The fraction of sp³-hybridized carbons (Fsp3) is 0.0952. The Morgan fingerprint density at radius 3 is 2.56 bits per heavy atom. The summed E-state index contributed by atoms with van der Waals surface area (Å²) in [5.41, 5.74) is 0.965. The molecule has 4 rings (SSSR count). The van der Waals surface area contributed by atoms with E-state index in [-0.39, 0.29) is 5.82 Å². The highest BCUT2D eigenvalue weighted by molar-refractivity contribution is 7.10. The lowest BCUT2D eigenvalue weighted by Crippen LogP contribution is -2.22. The van der Waals surface area contributed by atoms with Gasteiger partial charge in [-0.1, -0.05) is 48.5 Å². The largest absolute Gasteiger partial charge is 0.378 e. The Hall–Kier alpha value is -2.56. The first-order chi connectivity index (χ1) is 12.0. The fourth-order valence-electron chi connectivity index (χ4n) is 2.89. The molecule has 0 amide bonds. The summed E-state index contributed by atoms with van der Waals surface area (Å²) < 4.78 is 13.5. The van der Waals surface area contributed by atoms with Crippen molar-refractivity contribution in [2.75, 3.05) is 0 Å². The number of hydrogen-bond acceptors (Lipinski definition) is 3. The minimum atomic E-state index is -1.33. The number of aromatic nitrogens is 1. The van der Waals surface area contributed by atoms with Crippen molar-refractivity contribution in [3.05, 3.63) is 88.5 Å². The molecule has 0 saturated heterocycles. The Bertz CT molecular complexity index is 1050. The molecule has 1 aromatic heterocycles. The molecule has 1 N–H and O–H groups in total. The molecule has 1 unspecified atom stereocenters. The van der Waals surface area contributed by atoms with Crippen LogP contribution in [-0.4, -0.2) is 10.1 Å². The van der Waals surface area contributed by atoms with Gasteiger partial charge in [0.05, 0.1) is 5.69 Å². The van der Waals surface area contributed by atoms with E-state index in [9.17, 15) is 9.50 Å². The van der Waals surface area contributed by atoms with Crippen LogP contribution >= 0.6 is 11.3 Å².